The Hall–Kier alpha value is -0.350. The highest BCUT2D eigenvalue weighted by Crippen LogP contribution is 2.24. The molecule has 0 fully saturated rings. The number of hydrogen-bond acceptors (Lipinski definition) is 2. The summed E-state index contributed by atoms with van der Waals surface area (Å²) in [5.41, 5.74) is 6.03. The van der Waals surface area contributed by atoms with Crippen LogP contribution in [0.4, 0.5) is 4.39 Å². The molecule has 0 aromatic heterocycles. The van der Waals surface area contributed by atoms with Crippen LogP contribution in [0, 0.1) is 5.82 Å². The monoisotopic (exact) mass is 239 g/mol. The Kier molecular flexibility index (Phi) is 5.37. The topological polar surface area (TPSA) is 46.2 Å². The van der Waals surface area contributed by atoms with Crippen LogP contribution in [0.3, 0.4) is 0 Å². The van der Waals surface area contributed by atoms with Crippen LogP contribution in [0.15, 0.2) is 18.2 Å². The van der Waals surface area contributed by atoms with Crippen molar-refractivity contribution in [1.29, 1.82) is 0 Å². The summed E-state index contributed by atoms with van der Waals surface area (Å²) in [6.07, 6.45) is -0.751. The van der Waals surface area contributed by atoms with E-state index in [0.717, 1.165) is 0 Å². The number of aliphatic hydroxyl groups excluding tert-OH is 1. The zero-order valence-electron chi connectivity index (χ0n) is 7.58. The maximum atomic E-state index is 12.8. The van der Waals surface area contributed by atoms with Crippen molar-refractivity contribution in [2.75, 3.05) is 0 Å². The normalized spacial score (nSPS) is 14.4. The molecule has 0 aliphatic carbocycles. The number of halogens is 3. The number of hydrogen-bond donors (Lipinski definition) is 2. The van der Waals surface area contributed by atoms with Crippen LogP contribution in [0.1, 0.15) is 18.5 Å². The molecule has 2 atom stereocenters. The van der Waals surface area contributed by atoms with Gasteiger partial charge in [0.25, 0.3) is 0 Å². The molecule has 0 bridgehead atoms. The summed E-state index contributed by atoms with van der Waals surface area (Å²) < 4.78 is 12.8. The van der Waals surface area contributed by atoms with Crippen molar-refractivity contribution in [2.24, 2.45) is 5.73 Å². The van der Waals surface area contributed by atoms with Crippen LogP contribution in [0.2, 0.25) is 5.02 Å². The lowest BCUT2D eigenvalue weighted by molar-refractivity contribution is 0.164. The van der Waals surface area contributed by atoms with Gasteiger partial charge in [0.15, 0.2) is 0 Å². The summed E-state index contributed by atoms with van der Waals surface area (Å²) in [6.45, 7) is 1.53. The molecule has 2 nitrogen and oxygen atoms in total. The SMILES string of the molecule is C[C@@H](O)[C@@H](N)c1cc(F)ccc1Cl.Cl. The third-order valence-corrected chi connectivity index (χ3v) is 2.18. The smallest absolute Gasteiger partial charge is 0.123 e. The summed E-state index contributed by atoms with van der Waals surface area (Å²) in [5, 5.41) is 9.55. The summed E-state index contributed by atoms with van der Waals surface area (Å²) in [4.78, 5) is 0. The zero-order valence-corrected chi connectivity index (χ0v) is 9.15. The van der Waals surface area contributed by atoms with E-state index in [0.29, 0.717) is 10.6 Å². The van der Waals surface area contributed by atoms with Crippen molar-refractivity contribution in [1.82, 2.24) is 0 Å². The van der Waals surface area contributed by atoms with Crippen molar-refractivity contribution in [3.63, 3.8) is 0 Å². The van der Waals surface area contributed by atoms with E-state index in [1.54, 1.807) is 0 Å². The Morgan fingerprint density at radius 3 is 2.57 bits per heavy atom. The van der Waals surface area contributed by atoms with Gasteiger partial charge in [-0.15, -0.1) is 12.4 Å². The van der Waals surface area contributed by atoms with Crippen LogP contribution >= 0.6 is 24.0 Å². The maximum absolute atomic E-state index is 12.8. The summed E-state index contributed by atoms with van der Waals surface area (Å²) in [7, 11) is 0. The van der Waals surface area contributed by atoms with Gasteiger partial charge in [0.05, 0.1) is 12.1 Å². The lowest BCUT2D eigenvalue weighted by Crippen LogP contribution is -2.23. The fourth-order valence-electron chi connectivity index (χ4n) is 1.03. The van der Waals surface area contributed by atoms with Crippen molar-refractivity contribution < 1.29 is 9.50 Å². The van der Waals surface area contributed by atoms with Gasteiger partial charge >= 0.3 is 0 Å². The van der Waals surface area contributed by atoms with Crippen LogP contribution in [0.5, 0.6) is 0 Å². The Balaban J connectivity index is 0.00000169. The van der Waals surface area contributed by atoms with E-state index in [9.17, 15) is 9.50 Å². The van der Waals surface area contributed by atoms with E-state index in [4.69, 9.17) is 17.3 Å². The van der Waals surface area contributed by atoms with Crippen molar-refractivity contribution in [2.45, 2.75) is 19.1 Å². The lowest BCUT2D eigenvalue weighted by atomic mass is 10.0. The molecule has 0 spiro atoms. The standard InChI is InChI=1S/C9H11ClFNO.ClH/c1-5(13)9(12)7-4-6(11)2-3-8(7)10;/h2-5,9,13H,12H2,1H3;1H/t5-,9-;/m1./s1. The van der Waals surface area contributed by atoms with Gasteiger partial charge in [-0.05, 0) is 30.7 Å². The van der Waals surface area contributed by atoms with E-state index in [-0.39, 0.29) is 12.4 Å². The molecular formula is C9H12Cl2FNO. The second kappa shape index (κ2) is 5.51. The third-order valence-electron chi connectivity index (χ3n) is 1.84. The van der Waals surface area contributed by atoms with Crippen LogP contribution < -0.4 is 5.73 Å². The Morgan fingerprint density at radius 1 is 1.50 bits per heavy atom. The highest BCUT2D eigenvalue weighted by Gasteiger charge is 2.15. The first kappa shape index (κ1) is 13.7. The molecule has 0 saturated heterocycles. The van der Waals surface area contributed by atoms with Gasteiger partial charge in [0.2, 0.25) is 0 Å². The van der Waals surface area contributed by atoms with Crippen LogP contribution in [-0.2, 0) is 0 Å². The first-order chi connectivity index (χ1) is 6.02. The molecule has 0 radical (unpaired) electrons. The van der Waals surface area contributed by atoms with Crippen LogP contribution in [0.25, 0.3) is 0 Å². The van der Waals surface area contributed by atoms with E-state index in [2.05, 4.69) is 0 Å². The first-order valence-electron chi connectivity index (χ1n) is 3.91. The Morgan fingerprint density at radius 2 is 2.07 bits per heavy atom. The van der Waals surface area contributed by atoms with Crippen molar-refractivity contribution in [3.8, 4) is 0 Å². The molecule has 1 rings (SSSR count). The van der Waals surface area contributed by atoms with E-state index >= 15 is 0 Å². The number of nitrogens with two attached hydrogens (primary N) is 1. The molecule has 0 amide bonds. The minimum absolute atomic E-state index is 0. The average Bonchev–Trinajstić information content (AvgIpc) is 2.08. The van der Waals surface area contributed by atoms with Gasteiger partial charge in [-0.2, -0.15) is 0 Å². The van der Waals surface area contributed by atoms with Gasteiger partial charge in [0.1, 0.15) is 5.82 Å². The molecule has 5 heteroatoms. The molecule has 1 aromatic rings. The molecule has 14 heavy (non-hydrogen) atoms. The number of rotatable bonds is 2. The molecule has 0 aliphatic heterocycles. The number of aliphatic hydroxyl groups is 1. The number of benzene rings is 1. The van der Waals surface area contributed by atoms with E-state index in [1.165, 1.54) is 25.1 Å². The third kappa shape index (κ3) is 3.10. The maximum Gasteiger partial charge on any atom is 0.123 e. The first-order valence-corrected chi connectivity index (χ1v) is 4.28. The molecule has 80 valence electrons. The van der Waals surface area contributed by atoms with Gasteiger partial charge < -0.3 is 10.8 Å². The molecule has 3 N–H and O–H groups in total. The largest absolute Gasteiger partial charge is 0.391 e. The quantitative estimate of drug-likeness (QED) is 0.832. The van der Waals surface area contributed by atoms with E-state index in [1.807, 2.05) is 0 Å². The predicted molar refractivity (Wildman–Crippen MR) is 57.3 cm³/mol. The fourth-order valence-corrected chi connectivity index (χ4v) is 1.27. The highest BCUT2D eigenvalue weighted by atomic mass is 35.5. The second-order valence-electron chi connectivity index (χ2n) is 2.93. The van der Waals surface area contributed by atoms with Gasteiger partial charge in [-0.3, -0.25) is 0 Å². The molecule has 0 unspecified atom stereocenters. The Bertz CT molecular complexity index is 307. The fraction of sp³-hybridized carbons (Fsp3) is 0.333. The molecule has 1 aromatic carbocycles. The minimum atomic E-state index is -0.751. The van der Waals surface area contributed by atoms with Crippen molar-refractivity contribution >= 4 is 24.0 Å². The summed E-state index contributed by atoms with van der Waals surface area (Å²) in [5.74, 6) is -0.407. The second-order valence-corrected chi connectivity index (χ2v) is 3.34. The molecule has 0 aliphatic rings. The van der Waals surface area contributed by atoms with Gasteiger partial charge in [-0.25, -0.2) is 4.39 Å². The van der Waals surface area contributed by atoms with Crippen molar-refractivity contribution in [3.05, 3.63) is 34.6 Å². The van der Waals surface area contributed by atoms with Gasteiger partial charge in [-0.1, -0.05) is 11.6 Å². The average molecular weight is 240 g/mol. The molecular weight excluding hydrogens is 228 g/mol. The highest BCUT2D eigenvalue weighted by molar-refractivity contribution is 6.31. The zero-order chi connectivity index (χ0) is 10.0. The predicted octanol–water partition coefficient (Wildman–Crippen LogP) is 2.28. The van der Waals surface area contributed by atoms with Gasteiger partial charge in [0, 0.05) is 5.02 Å². The lowest BCUT2D eigenvalue weighted by Gasteiger charge is -2.16. The minimum Gasteiger partial charge on any atom is -0.391 e. The summed E-state index contributed by atoms with van der Waals surface area (Å²) in [6, 6.07) is 3.26. The molecule has 0 heterocycles. The van der Waals surface area contributed by atoms with Crippen LogP contribution in [-0.4, -0.2) is 11.2 Å². The summed E-state index contributed by atoms with van der Waals surface area (Å²) >= 11 is 5.78. The molecule has 0 saturated carbocycles. The van der Waals surface area contributed by atoms with E-state index < -0.39 is 18.0 Å². The Labute approximate surface area is 93.3 Å².